The lowest BCUT2D eigenvalue weighted by atomic mass is 9.97. The van der Waals surface area contributed by atoms with Crippen molar-refractivity contribution in [3.05, 3.63) is 96.1 Å². The lowest BCUT2D eigenvalue weighted by Gasteiger charge is -2.13. The Morgan fingerprint density at radius 2 is 1.50 bits per heavy atom. The third-order valence-corrected chi connectivity index (χ3v) is 6.22. The summed E-state index contributed by atoms with van der Waals surface area (Å²) >= 11 is -0.750. The Kier molecular flexibility index (Phi) is 9.42. The van der Waals surface area contributed by atoms with E-state index in [1.54, 1.807) is 18.2 Å². The summed E-state index contributed by atoms with van der Waals surface area (Å²) in [5, 5.41) is 3.75. The van der Waals surface area contributed by atoms with Crippen molar-refractivity contribution in [3.63, 3.8) is 0 Å². The van der Waals surface area contributed by atoms with Crippen molar-refractivity contribution in [2.24, 2.45) is 0 Å². The van der Waals surface area contributed by atoms with E-state index in [0.717, 1.165) is 39.6 Å². The van der Waals surface area contributed by atoms with E-state index in [9.17, 15) is 26.3 Å². The van der Waals surface area contributed by atoms with Crippen molar-refractivity contribution in [2.45, 2.75) is 39.2 Å². The standard InChI is InChI=1S/C30H23F6N3O2.O2S/c1-17(2)28-37-26(19-7-10-22(11-8-19)41-30(34,35)36)27(40-28)23-16-21(20-6-4-5-18(3)15-20)9-12-24(23)39-14-13-25(38-39)29(31,32)33;1-3-2/h4-17H,1-3H3;. The Labute approximate surface area is 250 Å². The molecule has 0 aliphatic carbocycles. The van der Waals surface area contributed by atoms with Gasteiger partial charge >= 0.3 is 24.1 Å². The fraction of sp³-hybridized carbons (Fsp3) is 0.200. The first-order valence-corrected chi connectivity index (χ1v) is 13.5. The van der Waals surface area contributed by atoms with Crippen LogP contribution in [0, 0.1) is 6.92 Å². The molecule has 2 heterocycles. The summed E-state index contributed by atoms with van der Waals surface area (Å²) in [6.45, 7) is 5.65. The Balaban J connectivity index is 0.00000141. The summed E-state index contributed by atoms with van der Waals surface area (Å²) in [5.74, 6) is -0.00488. The second-order valence-corrected chi connectivity index (χ2v) is 9.91. The molecule has 0 unspecified atom stereocenters. The van der Waals surface area contributed by atoms with Crippen LogP contribution in [-0.2, 0) is 17.7 Å². The van der Waals surface area contributed by atoms with Crippen LogP contribution >= 0.6 is 0 Å². The monoisotopic (exact) mass is 635 g/mol. The van der Waals surface area contributed by atoms with Crippen molar-refractivity contribution in [1.29, 1.82) is 0 Å². The maximum Gasteiger partial charge on any atom is 0.573 e. The number of aryl methyl sites for hydroxylation is 1. The average Bonchev–Trinajstić information content (AvgIpc) is 3.62. The van der Waals surface area contributed by atoms with Crippen LogP contribution in [0.4, 0.5) is 26.3 Å². The molecular formula is C30H23F6N3O4S. The molecule has 0 aliphatic rings. The summed E-state index contributed by atoms with van der Waals surface area (Å²) < 4.78 is 106. The summed E-state index contributed by atoms with van der Waals surface area (Å²) in [5.41, 5.74) is 3.00. The number of rotatable bonds is 6. The number of ether oxygens (including phenoxy) is 1. The van der Waals surface area contributed by atoms with Gasteiger partial charge in [0.25, 0.3) is 0 Å². The van der Waals surface area contributed by atoms with Crippen LogP contribution in [0.15, 0.2) is 83.4 Å². The van der Waals surface area contributed by atoms with Crippen LogP contribution in [0.3, 0.4) is 0 Å². The molecule has 44 heavy (non-hydrogen) atoms. The molecule has 0 fully saturated rings. The van der Waals surface area contributed by atoms with E-state index in [1.165, 1.54) is 18.3 Å². The first-order chi connectivity index (χ1) is 20.7. The van der Waals surface area contributed by atoms with Crippen molar-refractivity contribution >= 4 is 11.6 Å². The van der Waals surface area contributed by atoms with Gasteiger partial charge in [-0.25, -0.2) is 9.67 Å². The molecule has 230 valence electrons. The van der Waals surface area contributed by atoms with Gasteiger partial charge in [-0.1, -0.05) is 49.7 Å². The molecule has 14 heteroatoms. The molecule has 0 N–H and O–H groups in total. The second-order valence-electron chi connectivity index (χ2n) is 9.77. The maximum atomic E-state index is 13.4. The van der Waals surface area contributed by atoms with Gasteiger partial charge in [0.1, 0.15) is 11.4 Å². The van der Waals surface area contributed by atoms with Gasteiger partial charge < -0.3 is 9.15 Å². The average molecular weight is 636 g/mol. The number of benzene rings is 3. The fourth-order valence-corrected chi connectivity index (χ4v) is 4.31. The number of alkyl halides is 6. The van der Waals surface area contributed by atoms with Gasteiger partial charge in [0, 0.05) is 23.2 Å². The molecule has 0 radical (unpaired) electrons. The second kappa shape index (κ2) is 12.9. The van der Waals surface area contributed by atoms with Crippen LogP contribution in [0.1, 0.15) is 36.9 Å². The summed E-state index contributed by atoms with van der Waals surface area (Å²) in [7, 11) is 0. The van der Waals surface area contributed by atoms with Crippen molar-refractivity contribution in [3.8, 4) is 45.1 Å². The highest BCUT2D eigenvalue weighted by molar-refractivity contribution is 7.51. The fourth-order valence-electron chi connectivity index (χ4n) is 4.31. The van der Waals surface area contributed by atoms with E-state index in [-0.39, 0.29) is 11.7 Å². The van der Waals surface area contributed by atoms with Gasteiger partial charge in [-0.3, -0.25) is 0 Å². The first-order valence-electron chi connectivity index (χ1n) is 12.8. The molecule has 0 aliphatic heterocycles. The lowest BCUT2D eigenvalue weighted by Crippen LogP contribution is -2.16. The largest absolute Gasteiger partial charge is 0.573 e. The van der Waals surface area contributed by atoms with Crippen LogP contribution in [0.25, 0.3) is 39.4 Å². The highest BCUT2D eigenvalue weighted by Gasteiger charge is 2.34. The maximum absolute atomic E-state index is 13.4. The van der Waals surface area contributed by atoms with Crippen LogP contribution in [-0.4, -0.2) is 29.5 Å². The summed E-state index contributed by atoms with van der Waals surface area (Å²) in [6, 6.07) is 18.9. The summed E-state index contributed by atoms with van der Waals surface area (Å²) in [4.78, 5) is 4.62. The van der Waals surface area contributed by atoms with Gasteiger partial charge in [0.05, 0.1) is 5.69 Å². The SMILES string of the molecule is Cc1cccc(-c2ccc(-n3ccc(C(F)(F)F)n3)c(-c3oc(C(C)C)nc3-c3ccc(OC(F)(F)F)cc3)c2)c1.O=S=O. The lowest BCUT2D eigenvalue weighted by molar-refractivity contribution is -0.274. The minimum atomic E-state index is -4.85. The van der Waals surface area contributed by atoms with Crippen molar-refractivity contribution in [2.75, 3.05) is 0 Å². The molecule has 0 spiro atoms. The van der Waals surface area contributed by atoms with E-state index >= 15 is 0 Å². The minimum absolute atomic E-state index is 0.166. The number of hydrogen-bond acceptors (Lipinski definition) is 6. The highest BCUT2D eigenvalue weighted by Crippen LogP contribution is 2.40. The summed E-state index contributed by atoms with van der Waals surface area (Å²) in [6.07, 6.45) is -8.29. The molecule has 0 saturated carbocycles. The zero-order valence-corrected chi connectivity index (χ0v) is 24.1. The van der Waals surface area contributed by atoms with Crippen molar-refractivity contribution < 1.29 is 43.9 Å². The molecular weight excluding hydrogens is 612 g/mol. The van der Waals surface area contributed by atoms with Crippen molar-refractivity contribution in [1.82, 2.24) is 14.8 Å². The van der Waals surface area contributed by atoms with Gasteiger partial charge in [0.15, 0.2) is 17.3 Å². The van der Waals surface area contributed by atoms with Crippen LogP contribution in [0.5, 0.6) is 5.75 Å². The zero-order chi connectivity index (χ0) is 32.2. The van der Waals surface area contributed by atoms with Crippen LogP contribution < -0.4 is 4.74 Å². The van der Waals surface area contributed by atoms with E-state index in [4.69, 9.17) is 12.8 Å². The van der Waals surface area contributed by atoms with Gasteiger partial charge in [0.2, 0.25) is 0 Å². The molecule has 7 nitrogen and oxygen atoms in total. The third-order valence-electron chi connectivity index (χ3n) is 6.22. The van der Waals surface area contributed by atoms with E-state index in [1.807, 2.05) is 45.0 Å². The molecule has 5 rings (SSSR count). The van der Waals surface area contributed by atoms with Gasteiger partial charge in [-0.05, 0) is 60.5 Å². The Morgan fingerprint density at radius 3 is 2.07 bits per heavy atom. The normalized spacial score (nSPS) is 11.7. The number of nitrogens with zero attached hydrogens (tertiary/aromatic N) is 3. The minimum Gasteiger partial charge on any atom is -0.440 e. The molecule has 0 amide bonds. The van der Waals surface area contributed by atoms with E-state index < -0.39 is 35.6 Å². The topological polar surface area (TPSA) is 87.2 Å². The molecule has 3 aromatic carbocycles. The van der Waals surface area contributed by atoms with E-state index in [0.29, 0.717) is 28.4 Å². The zero-order valence-electron chi connectivity index (χ0n) is 23.2. The molecule has 0 bridgehead atoms. The quantitative estimate of drug-likeness (QED) is 0.174. The Hall–Kier alpha value is -4.72. The first kappa shape index (κ1) is 32.2. The Bertz CT molecular complexity index is 1790. The molecule has 2 aromatic heterocycles. The van der Waals surface area contributed by atoms with E-state index in [2.05, 4.69) is 14.8 Å². The highest BCUT2D eigenvalue weighted by atomic mass is 32.1. The molecule has 5 aromatic rings. The molecule has 0 atom stereocenters. The smallest absolute Gasteiger partial charge is 0.440 e. The van der Waals surface area contributed by atoms with Gasteiger partial charge in [-0.2, -0.15) is 26.7 Å². The number of hydrogen-bond donors (Lipinski definition) is 0. The number of oxazole rings is 1. The Morgan fingerprint density at radius 1 is 0.864 bits per heavy atom. The predicted molar refractivity (Wildman–Crippen MR) is 149 cm³/mol. The van der Waals surface area contributed by atoms with Gasteiger partial charge in [-0.15, -0.1) is 13.2 Å². The third kappa shape index (κ3) is 7.61. The number of halogens is 6. The number of aromatic nitrogens is 3. The predicted octanol–water partition coefficient (Wildman–Crippen LogP) is 8.54. The molecule has 0 saturated heterocycles. The van der Waals surface area contributed by atoms with Crippen LogP contribution in [0.2, 0.25) is 0 Å².